The molecule has 0 aliphatic heterocycles. The maximum atomic E-state index is 12.3. The predicted octanol–water partition coefficient (Wildman–Crippen LogP) is 2.55. The van der Waals surface area contributed by atoms with Crippen molar-refractivity contribution in [1.82, 2.24) is 0 Å². The molecule has 0 aliphatic rings. The Balaban J connectivity index is 2.15. The van der Waals surface area contributed by atoms with E-state index in [0.717, 1.165) is 37.3 Å². The van der Waals surface area contributed by atoms with Crippen LogP contribution in [0.2, 0.25) is 0 Å². The lowest BCUT2D eigenvalue weighted by molar-refractivity contribution is -0.391. The number of carbonyl (C=O) groups is 3. The number of carboxylic acids is 2. The summed E-state index contributed by atoms with van der Waals surface area (Å²) in [7, 11) is 0. The van der Waals surface area contributed by atoms with Gasteiger partial charge in [0.05, 0.1) is 26.5 Å². The van der Waals surface area contributed by atoms with Crippen LogP contribution in [0.3, 0.4) is 0 Å². The highest BCUT2D eigenvalue weighted by molar-refractivity contribution is 6.05. The van der Waals surface area contributed by atoms with E-state index in [1.165, 1.54) is 6.07 Å². The van der Waals surface area contributed by atoms with Crippen LogP contribution in [0.25, 0.3) is 0 Å². The van der Waals surface area contributed by atoms with Crippen molar-refractivity contribution in [3.05, 3.63) is 78.9 Å². The molecule has 2 aromatic carbocycles. The van der Waals surface area contributed by atoms with Gasteiger partial charge in [0.2, 0.25) is 6.29 Å². The number of carboxylic acid groups (broad SMARTS) is 2. The van der Waals surface area contributed by atoms with Crippen molar-refractivity contribution >= 4 is 29.3 Å². The molecule has 0 amide bonds. The predicted molar refractivity (Wildman–Crippen MR) is 101 cm³/mol. The summed E-state index contributed by atoms with van der Waals surface area (Å²) in [5, 5.41) is 40.6. The summed E-state index contributed by atoms with van der Waals surface area (Å²) < 4.78 is 4.81. The van der Waals surface area contributed by atoms with E-state index < -0.39 is 68.7 Å². The molecule has 168 valence electrons. The van der Waals surface area contributed by atoms with Crippen LogP contribution in [0.4, 0.5) is 11.4 Å². The lowest BCUT2D eigenvalue weighted by Crippen LogP contribution is -2.21. The van der Waals surface area contributed by atoms with Gasteiger partial charge in [-0.05, 0) is 12.1 Å². The third-order valence-corrected chi connectivity index (χ3v) is 3.93. The molecule has 0 fully saturated rings. The van der Waals surface area contributed by atoms with Gasteiger partial charge in [-0.1, -0.05) is 12.1 Å². The molecule has 1 atom stereocenters. The zero-order valence-corrected chi connectivity index (χ0v) is 16.1. The van der Waals surface area contributed by atoms with Crippen molar-refractivity contribution in [2.24, 2.45) is 0 Å². The molecular formula is C18H14N2O12. The van der Waals surface area contributed by atoms with Crippen molar-refractivity contribution < 1.29 is 49.0 Å². The molecule has 0 aliphatic carbocycles. The first-order chi connectivity index (χ1) is 15.0. The maximum absolute atomic E-state index is 12.3. The molecule has 2 aromatic rings. The molecule has 14 heteroatoms. The first-order valence-corrected chi connectivity index (χ1v) is 8.54. The number of carbonyl (C=O) groups excluding carboxylic acids is 1. The summed E-state index contributed by atoms with van der Waals surface area (Å²) >= 11 is 0. The summed E-state index contributed by atoms with van der Waals surface area (Å²) in [6.45, 7) is 0.400. The minimum Gasteiger partial charge on any atom is -0.478 e. The van der Waals surface area contributed by atoms with E-state index in [2.05, 4.69) is 0 Å². The zero-order valence-electron chi connectivity index (χ0n) is 16.1. The van der Waals surface area contributed by atoms with Crippen LogP contribution in [-0.2, 0) is 21.1 Å². The molecule has 0 saturated carbocycles. The number of nitro groups is 2. The molecule has 0 spiro atoms. The lowest BCUT2D eigenvalue weighted by atomic mass is 10.1. The Kier molecular flexibility index (Phi) is 7.49. The number of esters is 1. The standard InChI is InChI=1S/C18H14N2O12/c1-9(31-18(25)15-11(17(23)24)5-3-7-14(15)20(28)29)32-30-8-12-10(16(21)22)4-2-6-13(12)19(26)27/h2-7,9H,8H2,1H3,(H,21,22)(H,23,24). The Labute approximate surface area is 177 Å². The Morgan fingerprint density at radius 2 is 1.47 bits per heavy atom. The molecule has 0 saturated heterocycles. The van der Waals surface area contributed by atoms with Gasteiger partial charge in [0, 0.05) is 19.1 Å². The van der Waals surface area contributed by atoms with E-state index in [0.29, 0.717) is 0 Å². The van der Waals surface area contributed by atoms with Gasteiger partial charge in [-0.2, -0.15) is 4.89 Å². The smallest absolute Gasteiger partial charge is 0.348 e. The highest BCUT2D eigenvalue weighted by Crippen LogP contribution is 2.25. The van der Waals surface area contributed by atoms with Gasteiger partial charge >= 0.3 is 17.9 Å². The first kappa shape index (κ1) is 23.8. The van der Waals surface area contributed by atoms with Crippen LogP contribution in [0, 0.1) is 20.2 Å². The topological polar surface area (TPSA) is 206 Å². The second-order valence-electron chi connectivity index (χ2n) is 5.96. The maximum Gasteiger partial charge on any atom is 0.348 e. The van der Waals surface area contributed by atoms with Gasteiger partial charge in [0.1, 0.15) is 6.61 Å². The van der Waals surface area contributed by atoms with Crippen LogP contribution < -0.4 is 0 Å². The Bertz CT molecular complexity index is 1030. The summed E-state index contributed by atoms with van der Waals surface area (Å²) in [4.78, 5) is 64.9. The highest BCUT2D eigenvalue weighted by atomic mass is 17.2. The van der Waals surface area contributed by atoms with Crippen LogP contribution in [0.1, 0.15) is 43.6 Å². The highest BCUT2D eigenvalue weighted by Gasteiger charge is 2.30. The van der Waals surface area contributed by atoms with Gasteiger partial charge in [-0.3, -0.25) is 20.2 Å². The number of nitro benzene ring substituents is 2. The van der Waals surface area contributed by atoms with Crippen molar-refractivity contribution in [3.63, 3.8) is 0 Å². The number of benzene rings is 2. The quantitative estimate of drug-likeness (QED) is 0.176. The summed E-state index contributed by atoms with van der Waals surface area (Å²) in [6.07, 6.45) is -1.56. The monoisotopic (exact) mass is 450 g/mol. The number of ether oxygens (including phenoxy) is 1. The molecule has 0 heterocycles. The van der Waals surface area contributed by atoms with Crippen LogP contribution in [0.5, 0.6) is 0 Å². The third kappa shape index (κ3) is 5.38. The molecule has 32 heavy (non-hydrogen) atoms. The number of aromatic carboxylic acids is 2. The summed E-state index contributed by atoms with van der Waals surface area (Å²) in [5.41, 5.74) is -3.61. The summed E-state index contributed by atoms with van der Waals surface area (Å²) in [5.74, 6) is -4.46. The van der Waals surface area contributed by atoms with Crippen LogP contribution in [0.15, 0.2) is 36.4 Å². The van der Waals surface area contributed by atoms with E-state index in [-0.39, 0.29) is 5.56 Å². The Morgan fingerprint density at radius 1 is 0.938 bits per heavy atom. The number of hydrogen-bond acceptors (Lipinski definition) is 10. The fraction of sp³-hybridized carbons (Fsp3) is 0.167. The van der Waals surface area contributed by atoms with Gasteiger partial charge in [0.25, 0.3) is 11.4 Å². The number of hydrogen-bond donors (Lipinski definition) is 2. The molecule has 0 bridgehead atoms. The molecule has 14 nitrogen and oxygen atoms in total. The van der Waals surface area contributed by atoms with Crippen LogP contribution in [-0.4, -0.2) is 44.3 Å². The number of nitrogens with zero attached hydrogens (tertiary/aromatic N) is 2. The normalized spacial score (nSPS) is 11.4. The molecular weight excluding hydrogens is 436 g/mol. The number of rotatable bonds is 10. The average Bonchev–Trinajstić information content (AvgIpc) is 2.72. The zero-order chi connectivity index (χ0) is 24.0. The van der Waals surface area contributed by atoms with Crippen LogP contribution >= 0.6 is 0 Å². The Hall–Kier alpha value is -4.43. The molecule has 2 N–H and O–H groups in total. The minimum absolute atomic E-state index is 0.324. The molecule has 1 unspecified atom stereocenters. The van der Waals surface area contributed by atoms with Gasteiger partial charge in [-0.25, -0.2) is 19.3 Å². The van der Waals surface area contributed by atoms with E-state index in [1.54, 1.807) is 0 Å². The second-order valence-corrected chi connectivity index (χ2v) is 5.96. The average molecular weight is 450 g/mol. The van der Waals surface area contributed by atoms with Crippen molar-refractivity contribution in [3.8, 4) is 0 Å². The van der Waals surface area contributed by atoms with Gasteiger partial charge < -0.3 is 14.9 Å². The summed E-state index contributed by atoms with van der Waals surface area (Å²) in [6, 6.07) is 6.29. The van der Waals surface area contributed by atoms with Crippen molar-refractivity contribution in [2.75, 3.05) is 0 Å². The van der Waals surface area contributed by atoms with Crippen molar-refractivity contribution in [2.45, 2.75) is 19.8 Å². The third-order valence-electron chi connectivity index (χ3n) is 3.93. The Morgan fingerprint density at radius 3 is 2.00 bits per heavy atom. The lowest BCUT2D eigenvalue weighted by Gasteiger charge is -2.14. The fourth-order valence-electron chi connectivity index (χ4n) is 2.60. The SMILES string of the molecule is CC(OOCc1c(C(=O)O)cccc1[N+](=O)[O-])OC(=O)c1c(C(=O)O)cccc1[N+](=O)[O-]. The molecule has 0 aromatic heterocycles. The van der Waals surface area contributed by atoms with E-state index >= 15 is 0 Å². The first-order valence-electron chi connectivity index (χ1n) is 8.54. The second kappa shape index (κ2) is 10.1. The van der Waals surface area contributed by atoms with E-state index in [4.69, 9.17) is 14.5 Å². The molecule has 2 rings (SSSR count). The van der Waals surface area contributed by atoms with E-state index in [9.17, 15) is 44.8 Å². The van der Waals surface area contributed by atoms with E-state index in [1.807, 2.05) is 0 Å². The fourth-order valence-corrected chi connectivity index (χ4v) is 2.60. The van der Waals surface area contributed by atoms with Gasteiger partial charge in [-0.15, -0.1) is 0 Å². The van der Waals surface area contributed by atoms with Crippen molar-refractivity contribution in [1.29, 1.82) is 0 Å². The van der Waals surface area contributed by atoms with Gasteiger partial charge in [0.15, 0.2) is 5.56 Å². The largest absolute Gasteiger partial charge is 0.478 e. The minimum atomic E-state index is -1.61. The molecule has 0 radical (unpaired) electrons.